The number of benzene rings is 2. The minimum absolute atomic E-state index is 0.0186. The Balaban J connectivity index is 1.61. The molecule has 8 heteroatoms. The van der Waals surface area contributed by atoms with E-state index < -0.39 is 18.5 Å². The lowest BCUT2D eigenvalue weighted by molar-refractivity contribution is -0.124. The summed E-state index contributed by atoms with van der Waals surface area (Å²) >= 11 is 0. The van der Waals surface area contributed by atoms with Crippen molar-refractivity contribution in [2.45, 2.75) is 33.1 Å². The molecular formula is C24H27NO7. The van der Waals surface area contributed by atoms with E-state index in [9.17, 15) is 9.59 Å². The number of furan rings is 1. The minimum Gasteiger partial charge on any atom is -0.493 e. The molecule has 0 bridgehead atoms. The van der Waals surface area contributed by atoms with Crippen LogP contribution in [0, 0.1) is 0 Å². The highest BCUT2D eigenvalue weighted by Gasteiger charge is 2.23. The van der Waals surface area contributed by atoms with Gasteiger partial charge in [-0.05, 0) is 37.6 Å². The van der Waals surface area contributed by atoms with Gasteiger partial charge in [0.25, 0.3) is 5.91 Å². The van der Waals surface area contributed by atoms with E-state index in [4.69, 9.17) is 23.4 Å². The summed E-state index contributed by atoms with van der Waals surface area (Å²) in [7, 11) is 3.09. The van der Waals surface area contributed by atoms with Gasteiger partial charge in [-0.15, -0.1) is 0 Å². The number of hydrogen-bond donors (Lipinski definition) is 1. The van der Waals surface area contributed by atoms with Crippen molar-refractivity contribution < 1.29 is 33.0 Å². The summed E-state index contributed by atoms with van der Waals surface area (Å²) in [5.74, 6) is 0.0416. The van der Waals surface area contributed by atoms with Gasteiger partial charge >= 0.3 is 5.97 Å². The first-order valence-corrected chi connectivity index (χ1v) is 10.2. The zero-order valence-electron chi connectivity index (χ0n) is 18.6. The maximum absolute atomic E-state index is 12.6. The highest BCUT2D eigenvalue weighted by atomic mass is 16.5. The molecule has 0 aliphatic carbocycles. The molecule has 1 aromatic heterocycles. The molecule has 170 valence electrons. The summed E-state index contributed by atoms with van der Waals surface area (Å²) < 4.78 is 27.0. The number of esters is 1. The summed E-state index contributed by atoms with van der Waals surface area (Å²) in [5.41, 5.74) is 1.97. The Kier molecular flexibility index (Phi) is 7.72. The Bertz CT molecular complexity index is 1090. The largest absolute Gasteiger partial charge is 0.493 e. The Hall–Kier alpha value is -3.52. The first-order chi connectivity index (χ1) is 15.4. The third-order valence-corrected chi connectivity index (χ3v) is 4.72. The lowest BCUT2D eigenvalue weighted by Gasteiger charge is -2.11. The first-order valence-electron chi connectivity index (χ1n) is 10.2. The Morgan fingerprint density at radius 2 is 1.78 bits per heavy atom. The van der Waals surface area contributed by atoms with Crippen LogP contribution < -0.4 is 14.8 Å². The monoisotopic (exact) mass is 441 g/mol. The van der Waals surface area contributed by atoms with Gasteiger partial charge in [-0.3, -0.25) is 4.79 Å². The number of ether oxygens (including phenoxy) is 4. The summed E-state index contributed by atoms with van der Waals surface area (Å²) in [6.45, 7) is 3.82. The number of amides is 1. The standard InChI is InChI=1S/C24H27NO7/c1-15(2)30-13-18-17-7-5-6-8-19(17)32-23(18)24(27)31-14-22(26)25-12-16-9-10-20(28-3)21(11-16)29-4/h5-11,15H,12-14H2,1-4H3,(H,25,26). The fourth-order valence-electron chi connectivity index (χ4n) is 3.10. The van der Waals surface area contributed by atoms with Crippen molar-refractivity contribution in [3.63, 3.8) is 0 Å². The van der Waals surface area contributed by atoms with Gasteiger partial charge in [-0.1, -0.05) is 24.3 Å². The number of hydrogen-bond acceptors (Lipinski definition) is 7. The van der Waals surface area contributed by atoms with Crippen molar-refractivity contribution in [1.82, 2.24) is 5.32 Å². The quantitative estimate of drug-likeness (QED) is 0.478. The van der Waals surface area contributed by atoms with Crippen molar-refractivity contribution in [2.24, 2.45) is 0 Å². The molecule has 0 fully saturated rings. The van der Waals surface area contributed by atoms with Crippen LogP contribution >= 0.6 is 0 Å². The van der Waals surface area contributed by atoms with E-state index in [1.54, 1.807) is 25.3 Å². The van der Waals surface area contributed by atoms with E-state index >= 15 is 0 Å². The van der Waals surface area contributed by atoms with Gasteiger partial charge < -0.3 is 28.7 Å². The number of nitrogens with one attached hydrogen (secondary N) is 1. The maximum Gasteiger partial charge on any atom is 0.375 e. The first kappa shape index (κ1) is 23.1. The van der Waals surface area contributed by atoms with Gasteiger partial charge in [-0.25, -0.2) is 4.79 Å². The molecule has 0 aliphatic rings. The zero-order valence-corrected chi connectivity index (χ0v) is 18.6. The molecular weight excluding hydrogens is 414 g/mol. The lowest BCUT2D eigenvalue weighted by Crippen LogP contribution is -2.28. The smallest absolute Gasteiger partial charge is 0.375 e. The number of methoxy groups -OCH3 is 2. The van der Waals surface area contributed by atoms with Crippen LogP contribution in [0.1, 0.15) is 35.5 Å². The van der Waals surface area contributed by atoms with Gasteiger partial charge in [-0.2, -0.15) is 0 Å². The molecule has 0 atom stereocenters. The van der Waals surface area contributed by atoms with Crippen LogP contribution in [0.2, 0.25) is 0 Å². The fraction of sp³-hybridized carbons (Fsp3) is 0.333. The molecule has 0 spiro atoms. The molecule has 1 amide bonds. The summed E-state index contributed by atoms with van der Waals surface area (Å²) in [6.07, 6.45) is -0.0186. The van der Waals surface area contributed by atoms with Crippen LogP contribution in [0.4, 0.5) is 0 Å². The topological polar surface area (TPSA) is 96.2 Å². The normalized spacial score (nSPS) is 10.9. The van der Waals surface area contributed by atoms with Crippen LogP contribution in [0.25, 0.3) is 11.0 Å². The van der Waals surface area contributed by atoms with E-state index in [-0.39, 0.29) is 25.0 Å². The third-order valence-electron chi connectivity index (χ3n) is 4.72. The van der Waals surface area contributed by atoms with E-state index in [0.717, 1.165) is 10.9 Å². The van der Waals surface area contributed by atoms with Crippen molar-refractivity contribution >= 4 is 22.8 Å². The average molecular weight is 441 g/mol. The van der Waals surface area contributed by atoms with Crippen LogP contribution in [-0.2, 0) is 27.4 Å². The van der Waals surface area contributed by atoms with Crippen LogP contribution in [0.3, 0.4) is 0 Å². The molecule has 3 rings (SSSR count). The van der Waals surface area contributed by atoms with Gasteiger partial charge in [0.2, 0.25) is 5.76 Å². The van der Waals surface area contributed by atoms with E-state index in [0.29, 0.717) is 22.6 Å². The molecule has 0 aliphatic heterocycles. The molecule has 3 aromatic rings. The van der Waals surface area contributed by atoms with E-state index in [2.05, 4.69) is 5.32 Å². The van der Waals surface area contributed by atoms with Crippen molar-refractivity contribution in [2.75, 3.05) is 20.8 Å². The number of carbonyl (C=O) groups is 2. The second-order valence-corrected chi connectivity index (χ2v) is 7.31. The molecule has 8 nitrogen and oxygen atoms in total. The predicted octanol–water partition coefficient (Wildman–Crippen LogP) is 3.85. The zero-order chi connectivity index (χ0) is 23.1. The van der Waals surface area contributed by atoms with Gasteiger partial charge in [0, 0.05) is 17.5 Å². The number of fused-ring (bicyclic) bond motifs is 1. The Morgan fingerprint density at radius 1 is 1.03 bits per heavy atom. The van der Waals surface area contributed by atoms with Crippen molar-refractivity contribution in [1.29, 1.82) is 0 Å². The van der Waals surface area contributed by atoms with Gasteiger partial charge in [0.1, 0.15) is 5.58 Å². The van der Waals surface area contributed by atoms with Gasteiger partial charge in [0.05, 0.1) is 26.9 Å². The highest BCUT2D eigenvalue weighted by Crippen LogP contribution is 2.28. The summed E-state index contributed by atoms with van der Waals surface area (Å²) in [5, 5.41) is 3.48. The minimum atomic E-state index is -0.718. The van der Waals surface area contributed by atoms with Crippen LogP contribution in [-0.4, -0.2) is 38.8 Å². The highest BCUT2D eigenvalue weighted by molar-refractivity contribution is 5.96. The average Bonchev–Trinajstić information content (AvgIpc) is 3.18. The Morgan fingerprint density at radius 3 is 2.50 bits per heavy atom. The molecule has 1 heterocycles. The summed E-state index contributed by atoms with van der Waals surface area (Å²) in [6, 6.07) is 12.6. The molecule has 0 saturated carbocycles. The lowest BCUT2D eigenvalue weighted by atomic mass is 10.1. The molecule has 0 unspecified atom stereocenters. The van der Waals surface area contributed by atoms with Crippen molar-refractivity contribution in [3.8, 4) is 11.5 Å². The fourth-order valence-corrected chi connectivity index (χ4v) is 3.10. The second kappa shape index (κ2) is 10.7. The van der Waals surface area contributed by atoms with E-state index in [1.807, 2.05) is 38.1 Å². The maximum atomic E-state index is 12.6. The number of rotatable bonds is 10. The molecule has 32 heavy (non-hydrogen) atoms. The van der Waals surface area contributed by atoms with Gasteiger partial charge in [0.15, 0.2) is 18.1 Å². The van der Waals surface area contributed by atoms with Crippen molar-refractivity contribution in [3.05, 3.63) is 59.4 Å². The summed E-state index contributed by atoms with van der Waals surface area (Å²) in [4.78, 5) is 24.8. The predicted molar refractivity (Wildman–Crippen MR) is 118 cm³/mol. The van der Waals surface area contributed by atoms with Crippen LogP contribution in [0.5, 0.6) is 11.5 Å². The second-order valence-electron chi connectivity index (χ2n) is 7.31. The number of carbonyl (C=O) groups excluding carboxylic acids is 2. The molecule has 0 radical (unpaired) electrons. The molecule has 1 N–H and O–H groups in total. The SMILES string of the molecule is COc1ccc(CNC(=O)COC(=O)c2oc3ccccc3c2COC(C)C)cc1OC. The Labute approximate surface area is 186 Å². The molecule has 0 saturated heterocycles. The van der Waals surface area contributed by atoms with E-state index in [1.165, 1.54) is 7.11 Å². The number of para-hydroxylation sites is 1. The van der Waals surface area contributed by atoms with Crippen LogP contribution in [0.15, 0.2) is 46.9 Å². The molecule has 2 aromatic carbocycles. The third kappa shape index (κ3) is 5.59.